The third-order valence-electron chi connectivity index (χ3n) is 4.37. The smallest absolute Gasteiger partial charge is 0.214 e. The van der Waals surface area contributed by atoms with Gasteiger partial charge in [-0.15, -0.1) is 10.2 Å². The molecule has 0 unspecified atom stereocenters. The first kappa shape index (κ1) is 19.2. The minimum atomic E-state index is -3.11. The summed E-state index contributed by atoms with van der Waals surface area (Å²) >= 11 is 1.48. The second kappa shape index (κ2) is 8.41. The van der Waals surface area contributed by atoms with Crippen LogP contribution in [0.4, 0.5) is 9.52 Å². The predicted molar refractivity (Wildman–Crippen MR) is 101 cm³/mol. The van der Waals surface area contributed by atoms with Gasteiger partial charge in [0.15, 0.2) is 0 Å². The van der Waals surface area contributed by atoms with Crippen LogP contribution in [-0.4, -0.2) is 47.8 Å². The fraction of sp³-hybridized carbons (Fsp3) is 0.529. The van der Waals surface area contributed by atoms with Crippen molar-refractivity contribution in [3.8, 4) is 0 Å². The average molecular weight is 399 g/mol. The third-order valence-corrected chi connectivity index (χ3v) is 7.30. The van der Waals surface area contributed by atoms with Crippen LogP contribution < -0.4 is 5.32 Å². The lowest BCUT2D eigenvalue weighted by Crippen LogP contribution is -2.43. The molecular weight excluding hydrogens is 375 g/mol. The van der Waals surface area contributed by atoms with Crippen molar-refractivity contribution in [2.75, 3.05) is 24.2 Å². The maximum absolute atomic E-state index is 13.0. The molecule has 6 nitrogen and oxygen atoms in total. The van der Waals surface area contributed by atoms with Crippen molar-refractivity contribution < 1.29 is 12.8 Å². The van der Waals surface area contributed by atoms with Crippen LogP contribution in [0.25, 0.3) is 0 Å². The van der Waals surface area contributed by atoms with Gasteiger partial charge in [0.05, 0.1) is 5.75 Å². The van der Waals surface area contributed by atoms with E-state index < -0.39 is 10.0 Å². The first-order valence-corrected chi connectivity index (χ1v) is 11.2. The van der Waals surface area contributed by atoms with Crippen molar-refractivity contribution in [3.05, 3.63) is 40.7 Å². The molecule has 1 aliphatic heterocycles. The van der Waals surface area contributed by atoms with E-state index in [1.165, 1.54) is 23.5 Å². The molecule has 0 bridgehead atoms. The van der Waals surface area contributed by atoms with E-state index in [0.29, 0.717) is 25.9 Å². The molecule has 0 saturated carbocycles. The number of anilines is 1. The van der Waals surface area contributed by atoms with Gasteiger partial charge >= 0.3 is 0 Å². The highest BCUT2D eigenvalue weighted by molar-refractivity contribution is 7.89. The molecule has 9 heteroatoms. The molecule has 0 atom stereocenters. The summed E-state index contributed by atoms with van der Waals surface area (Å²) in [7, 11) is -3.11. The van der Waals surface area contributed by atoms with Gasteiger partial charge in [0.25, 0.3) is 0 Å². The number of nitrogens with zero attached hydrogens (tertiary/aromatic N) is 3. The predicted octanol–water partition coefficient (Wildman–Crippen LogP) is 2.88. The van der Waals surface area contributed by atoms with Gasteiger partial charge in [-0.05, 0) is 37.0 Å². The normalized spacial score (nSPS) is 16.7. The van der Waals surface area contributed by atoms with Gasteiger partial charge in [-0.3, -0.25) is 0 Å². The Labute approximate surface area is 157 Å². The molecular formula is C17H23FN4O2S2. The Balaban J connectivity index is 1.51. The minimum absolute atomic E-state index is 0.203. The first-order valence-electron chi connectivity index (χ1n) is 8.77. The van der Waals surface area contributed by atoms with Crippen molar-refractivity contribution in [1.82, 2.24) is 14.5 Å². The summed E-state index contributed by atoms with van der Waals surface area (Å²) in [5.74, 6) is -0.0329. The summed E-state index contributed by atoms with van der Waals surface area (Å²) in [6, 6.07) is 6.58. The van der Waals surface area contributed by atoms with Crippen molar-refractivity contribution >= 4 is 26.5 Å². The van der Waals surface area contributed by atoms with Crippen LogP contribution in [0.2, 0.25) is 0 Å². The van der Waals surface area contributed by atoms with Crippen molar-refractivity contribution in [3.63, 3.8) is 0 Å². The molecule has 2 aromatic rings. The van der Waals surface area contributed by atoms with Crippen LogP contribution in [0.5, 0.6) is 0 Å². The third kappa shape index (κ3) is 4.99. The van der Waals surface area contributed by atoms with Crippen LogP contribution >= 0.6 is 11.3 Å². The molecule has 1 aliphatic rings. The number of nitrogens with one attached hydrogen (secondary N) is 1. The zero-order valence-corrected chi connectivity index (χ0v) is 16.3. The quantitative estimate of drug-likeness (QED) is 0.776. The number of rotatable bonds is 7. The first-order chi connectivity index (χ1) is 12.5. The molecule has 142 valence electrons. The maximum atomic E-state index is 13.0. The number of piperidine rings is 1. The van der Waals surface area contributed by atoms with Crippen LogP contribution in [0.15, 0.2) is 24.3 Å². The summed E-state index contributed by atoms with van der Waals surface area (Å²) in [5, 5.41) is 13.3. The average Bonchev–Trinajstić information content (AvgIpc) is 3.04. The molecule has 1 fully saturated rings. The molecule has 1 aromatic carbocycles. The molecule has 3 rings (SSSR count). The Morgan fingerprint density at radius 1 is 1.23 bits per heavy atom. The van der Waals surface area contributed by atoms with Crippen LogP contribution in [0.1, 0.15) is 36.8 Å². The zero-order chi connectivity index (χ0) is 18.6. The Morgan fingerprint density at radius 2 is 1.92 bits per heavy atom. The molecule has 1 saturated heterocycles. The van der Waals surface area contributed by atoms with E-state index in [9.17, 15) is 12.8 Å². The standard InChI is InChI=1S/C17H23FN4O2S2/c1-2-11-26(23,24)22-9-7-15(8-10-22)19-17-21-20-16(25-17)12-13-3-5-14(18)6-4-13/h3-6,15H,2,7-12H2,1H3,(H,19,21). The molecule has 0 spiro atoms. The van der Waals surface area contributed by atoms with E-state index in [0.717, 1.165) is 28.5 Å². The molecule has 26 heavy (non-hydrogen) atoms. The summed E-state index contributed by atoms with van der Waals surface area (Å²) in [4.78, 5) is 0. The SMILES string of the molecule is CCCS(=O)(=O)N1CCC(Nc2nnc(Cc3ccc(F)cc3)s2)CC1. The summed E-state index contributed by atoms with van der Waals surface area (Å²) < 4.78 is 38.8. The highest BCUT2D eigenvalue weighted by atomic mass is 32.2. The van der Waals surface area contributed by atoms with E-state index in [4.69, 9.17) is 0 Å². The minimum Gasteiger partial charge on any atom is -0.357 e. The molecule has 1 aromatic heterocycles. The van der Waals surface area contributed by atoms with Crippen molar-refractivity contribution in [2.45, 2.75) is 38.6 Å². The van der Waals surface area contributed by atoms with E-state index in [1.807, 2.05) is 6.92 Å². The van der Waals surface area contributed by atoms with E-state index in [2.05, 4.69) is 15.5 Å². The Hall–Kier alpha value is -1.58. The van der Waals surface area contributed by atoms with E-state index in [1.54, 1.807) is 16.4 Å². The molecule has 0 radical (unpaired) electrons. The van der Waals surface area contributed by atoms with E-state index >= 15 is 0 Å². The van der Waals surface area contributed by atoms with Gasteiger partial charge in [-0.2, -0.15) is 0 Å². The summed E-state index contributed by atoms with van der Waals surface area (Å²) in [6.45, 7) is 2.97. The van der Waals surface area contributed by atoms with Crippen LogP contribution in [-0.2, 0) is 16.4 Å². The highest BCUT2D eigenvalue weighted by Gasteiger charge is 2.27. The highest BCUT2D eigenvalue weighted by Crippen LogP contribution is 2.23. The molecule has 0 amide bonds. The largest absolute Gasteiger partial charge is 0.357 e. The number of aromatic nitrogens is 2. The van der Waals surface area contributed by atoms with Gasteiger partial charge in [0.1, 0.15) is 10.8 Å². The van der Waals surface area contributed by atoms with Gasteiger partial charge in [-0.1, -0.05) is 30.4 Å². The second-order valence-corrected chi connectivity index (χ2v) is 9.59. The number of hydrogen-bond donors (Lipinski definition) is 1. The number of hydrogen-bond acceptors (Lipinski definition) is 6. The Morgan fingerprint density at radius 3 is 2.58 bits per heavy atom. The Bertz CT molecular complexity index is 816. The summed E-state index contributed by atoms with van der Waals surface area (Å²) in [5.41, 5.74) is 0.989. The lowest BCUT2D eigenvalue weighted by Gasteiger charge is -2.31. The van der Waals surface area contributed by atoms with E-state index in [-0.39, 0.29) is 17.6 Å². The lowest BCUT2D eigenvalue weighted by atomic mass is 10.1. The fourth-order valence-electron chi connectivity index (χ4n) is 3.00. The zero-order valence-electron chi connectivity index (χ0n) is 14.7. The van der Waals surface area contributed by atoms with Gasteiger partial charge in [-0.25, -0.2) is 17.1 Å². The summed E-state index contributed by atoms with van der Waals surface area (Å²) in [6.07, 6.45) is 2.78. The fourth-order valence-corrected chi connectivity index (χ4v) is 5.39. The van der Waals surface area contributed by atoms with Gasteiger partial charge < -0.3 is 5.32 Å². The maximum Gasteiger partial charge on any atom is 0.214 e. The van der Waals surface area contributed by atoms with Gasteiger partial charge in [0, 0.05) is 25.6 Å². The monoisotopic (exact) mass is 398 g/mol. The molecule has 0 aliphatic carbocycles. The molecule has 2 heterocycles. The number of sulfonamides is 1. The Kier molecular flexibility index (Phi) is 6.20. The van der Waals surface area contributed by atoms with Gasteiger partial charge in [0.2, 0.25) is 15.2 Å². The van der Waals surface area contributed by atoms with Crippen molar-refractivity contribution in [2.24, 2.45) is 0 Å². The molecule has 1 N–H and O–H groups in total. The topological polar surface area (TPSA) is 75.2 Å². The van der Waals surface area contributed by atoms with Crippen molar-refractivity contribution in [1.29, 1.82) is 0 Å². The second-order valence-electron chi connectivity index (χ2n) is 6.44. The lowest BCUT2D eigenvalue weighted by molar-refractivity contribution is 0.329. The number of benzene rings is 1. The van der Waals surface area contributed by atoms with Crippen LogP contribution in [0.3, 0.4) is 0 Å². The number of halogens is 1. The van der Waals surface area contributed by atoms with Crippen LogP contribution in [0, 0.1) is 5.82 Å².